The summed E-state index contributed by atoms with van der Waals surface area (Å²) in [5.74, 6) is -0.871. The van der Waals surface area contributed by atoms with Gasteiger partial charge in [0.2, 0.25) is 0 Å². The molecule has 3 heteroatoms. The molecule has 0 bridgehead atoms. The molecule has 0 amide bonds. The summed E-state index contributed by atoms with van der Waals surface area (Å²) in [6, 6.07) is 7.60. The van der Waals surface area contributed by atoms with Gasteiger partial charge in [0.05, 0.1) is 5.56 Å². The summed E-state index contributed by atoms with van der Waals surface area (Å²) in [5.41, 5.74) is 1.51. The van der Waals surface area contributed by atoms with Crippen LogP contribution < -0.4 is 5.32 Å². The lowest BCUT2D eigenvalue weighted by molar-refractivity contribution is 0.0697. The van der Waals surface area contributed by atoms with E-state index in [2.05, 4.69) is 19.2 Å². The first kappa shape index (κ1) is 12.7. The minimum atomic E-state index is -0.871. The van der Waals surface area contributed by atoms with Gasteiger partial charge in [-0.25, -0.2) is 4.79 Å². The van der Waals surface area contributed by atoms with Crippen molar-refractivity contribution in [3.05, 3.63) is 35.4 Å². The lowest BCUT2D eigenvalue weighted by Gasteiger charge is -2.10. The number of carbonyl (C=O) groups is 1. The molecule has 1 aromatic carbocycles. The summed E-state index contributed by atoms with van der Waals surface area (Å²) in [7, 11) is 0. The molecule has 1 atom stereocenters. The number of rotatable bonds is 6. The van der Waals surface area contributed by atoms with Gasteiger partial charge in [-0.3, -0.25) is 0 Å². The standard InChI is InChI=1S/C13H19NO2/c1-3-10(2)14-9-8-11-4-6-12(7-5-11)13(15)16/h4-7,10,14H,3,8-9H2,1-2H3,(H,15,16). The largest absolute Gasteiger partial charge is 0.478 e. The Balaban J connectivity index is 2.40. The average molecular weight is 221 g/mol. The lowest BCUT2D eigenvalue weighted by Crippen LogP contribution is -2.27. The van der Waals surface area contributed by atoms with E-state index >= 15 is 0 Å². The van der Waals surface area contributed by atoms with Gasteiger partial charge in [0.1, 0.15) is 0 Å². The van der Waals surface area contributed by atoms with Gasteiger partial charge >= 0.3 is 5.97 Å². The van der Waals surface area contributed by atoms with Crippen LogP contribution >= 0.6 is 0 Å². The van der Waals surface area contributed by atoms with Crippen molar-refractivity contribution < 1.29 is 9.90 Å². The van der Waals surface area contributed by atoms with Crippen LogP contribution in [0.25, 0.3) is 0 Å². The Morgan fingerprint density at radius 1 is 1.38 bits per heavy atom. The van der Waals surface area contributed by atoms with Gasteiger partial charge in [-0.1, -0.05) is 19.1 Å². The first-order valence-electron chi connectivity index (χ1n) is 5.69. The van der Waals surface area contributed by atoms with Crippen LogP contribution in [0.3, 0.4) is 0 Å². The molecule has 0 saturated carbocycles. The average Bonchev–Trinajstić information content (AvgIpc) is 2.29. The number of carboxylic acids is 1. The molecule has 1 unspecified atom stereocenters. The molecule has 0 aliphatic rings. The Labute approximate surface area is 96.5 Å². The topological polar surface area (TPSA) is 49.3 Å². The van der Waals surface area contributed by atoms with E-state index in [1.165, 1.54) is 5.56 Å². The predicted molar refractivity (Wildman–Crippen MR) is 64.9 cm³/mol. The molecule has 0 spiro atoms. The van der Waals surface area contributed by atoms with Crippen LogP contribution in [-0.4, -0.2) is 23.7 Å². The maximum atomic E-state index is 10.6. The van der Waals surface area contributed by atoms with E-state index in [4.69, 9.17) is 5.11 Å². The van der Waals surface area contributed by atoms with E-state index in [9.17, 15) is 4.79 Å². The Morgan fingerprint density at radius 3 is 2.50 bits per heavy atom. The highest BCUT2D eigenvalue weighted by molar-refractivity contribution is 5.87. The van der Waals surface area contributed by atoms with E-state index in [1.54, 1.807) is 12.1 Å². The molecule has 88 valence electrons. The van der Waals surface area contributed by atoms with Crippen molar-refractivity contribution in [2.24, 2.45) is 0 Å². The van der Waals surface area contributed by atoms with E-state index in [-0.39, 0.29) is 0 Å². The third-order valence-corrected chi connectivity index (χ3v) is 2.72. The van der Waals surface area contributed by atoms with Gasteiger partial charge in [-0.15, -0.1) is 0 Å². The fraction of sp³-hybridized carbons (Fsp3) is 0.462. The van der Waals surface area contributed by atoms with Gasteiger partial charge in [0, 0.05) is 6.04 Å². The SMILES string of the molecule is CCC(C)NCCc1ccc(C(=O)O)cc1. The molecule has 0 heterocycles. The predicted octanol–water partition coefficient (Wildman–Crippen LogP) is 2.32. The molecule has 1 rings (SSSR count). The van der Waals surface area contributed by atoms with Crippen LogP contribution in [0.5, 0.6) is 0 Å². The van der Waals surface area contributed by atoms with Crippen LogP contribution in [0.15, 0.2) is 24.3 Å². The number of hydrogen-bond donors (Lipinski definition) is 2. The number of nitrogens with one attached hydrogen (secondary N) is 1. The normalized spacial score (nSPS) is 12.4. The zero-order chi connectivity index (χ0) is 12.0. The third-order valence-electron chi connectivity index (χ3n) is 2.72. The second kappa shape index (κ2) is 6.28. The molecule has 1 aromatic rings. The van der Waals surface area contributed by atoms with Crippen molar-refractivity contribution in [2.45, 2.75) is 32.7 Å². The fourth-order valence-corrected chi connectivity index (χ4v) is 1.42. The summed E-state index contributed by atoms with van der Waals surface area (Å²) < 4.78 is 0. The summed E-state index contributed by atoms with van der Waals surface area (Å²) >= 11 is 0. The van der Waals surface area contributed by atoms with E-state index < -0.39 is 5.97 Å². The summed E-state index contributed by atoms with van der Waals surface area (Å²) in [6.45, 7) is 5.24. The Morgan fingerprint density at radius 2 is 2.00 bits per heavy atom. The van der Waals surface area contributed by atoms with Gasteiger partial charge < -0.3 is 10.4 Å². The highest BCUT2D eigenvalue weighted by atomic mass is 16.4. The molecule has 3 nitrogen and oxygen atoms in total. The van der Waals surface area contributed by atoms with E-state index in [1.807, 2.05) is 12.1 Å². The molecule has 0 radical (unpaired) electrons. The Hall–Kier alpha value is -1.35. The zero-order valence-corrected chi connectivity index (χ0v) is 9.86. The number of aromatic carboxylic acids is 1. The van der Waals surface area contributed by atoms with E-state index in [0.29, 0.717) is 11.6 Å². The maximum absolute atomic E-state index is 10.6. The van der Waals surface area contributed by atoms with Crippen molar-refractivity contribution in [3.8, 4) is 0 Å². The minimum absolute atomic E-state index is 0.346. The lowest BCUT2D eigenvalue weighted by atomic mass is 10.1. The molecule has 0 aromatic heterocycles. The quantitative estimate of drug-likeness (QED) is 0.775. The maximum Gasteiger partial charge on any atom is 0.335 e. The molecule has 0 aliphatic heterocycles. The Bertz CT molecular complexity index is 332. The van der Waals surface area contributed by atoms with Crippen LogP contribution in [0.4, 0.5) is 0 Å². The van der Waals surface area contributed by atoms with E-state index in [0.717, 1.165) is 19.4 Å². The molecule has 0 saturated heterocycles. The number of hydrogen-bond acceptors (Lipinski definition) is 2. The second-order valence-corrected chi connectivity index (χ2v) is 4.02. The van der Waals surface area contributed by atoms with Gasteiger partial charge in [-0.2, -0.15) is 0 Å². The van der Waals surface area contributed by atoms with Crippen molar-refractivity contribution in [1.29, 1.82) is 0 Å². The first-order chi connectivity index (χ1) is 7.63. The smallest absolute Gasteiger partial charge is 0.335 e. The zero-order valence-electron chi connectivity index (χ0n) is 9.86. The molecular formula is C13H19NO2. The van der Waals surface area contributed by atoms with Crippen LogP contribution in [0.2, 0.25) is 0 Å². The summed E-state index contributed by atoms with van der Waals surface area (Å²) in [6.07, 6.45) is 2.06. The summed E-state index contributed by atoms with van der Waals surface area (Å²) in [4.78, 5) is 10.6. The highest BCUT2D eigenvalue weighted by Crippen LogP contribution is 2.05. The molecule has 0 aliphatic carbocycles. The number of benzene rings is 1. The van der Waals surface area contributed by atoms with Gasteiger partial charge in [0.25, 0.3) is 0 Å². The van der Waals surface area contributed by atoms with Crippen molar-refractivity contribution in [3.63, 3.8) is 0 Å². The third kappa shape index (κ3) is 4.03. The van der Waals surface area contributed by atoms with Crippen molar-refractivity contribution >= 4 is 5.97 Å². The van der Waals surface area contributed by atoms with Crippen molar-refractivity contribution in [2.75, 3.05) is 6.54 Å². The minimum Gasteiger partial charge on any atom is -0.478 e. The van der Waals surface area contributed by atoms with Crippen LogP contribution in [0, 0.1) is 0 Å². The molecular weight excluding hydrogens is 202 g/mol. The molecule has 2 N–H and O–H groups in total. The monoisotopic (exact) mass is 221 g/mol. The van der Waals surface area contributed by atoms with Crippen LogP contribution in [0.1, 0.15) is 36.2 Å². The van der Waals surface area contributed by atoms with Crippen LogP contribution in [-0.2, 0) is 6.42 Å². The highest BCUT2D eigenvalue weighted by Gasteiger charge is 2.02. The Kier molecular flexibility index (Phi) is 4.99. The molecule has 0 fully saturated rings. The summed E-state index contributed by atoms with van der Waals surface area (Å²) in [5, 5.41) is 12.1. The first-order valence-corrected chi connectivity index (χ1v) is 5.69. The fourth-order valence-electron chi connectivity index (χ4n) is 1.42. The number of carboxylic acid groups (broad SMARTS) is 1. The van der Waals surface area contributed by atoms with Crippen molar-refractivity contribution in [1.82, 2.24) is 5.32 Å². The molecule has 16 heavy (non-hydrogen) atoms. The van der Waals surface area contributed by atoms with Gasteiger partial charge in [-0.05, 0) is 44.0 Å². The van der Waals surface area contributed by atoms with Gasteiger partial charge in [0.15, 0.2) is 0 Å². The second-order valence-electron chi connectivity index (χ2n) is 4.02.